The van der Waals surface area contributed by atoms with Gasteiger partial charge in [0.2, 0.25) is 0 Å². The molecule has 0 atom stereocenters. The topological polar surface area (TPSA) is 32.3 Å². The third kappa shape index (κ3) is 4.56. The van der Waals surface area contributed by atoms with E-state index in [-0.39, 0.29) is 24.0 Å². The van der Waals surface area contributed by atoms with E-state index in [4.69, 9.17) is 0 Å². The number of ketones is 1. The van der Waals surface area contributed by atoms with E-state index in [1.807, 2.05) is 7.05 Å². The second-order valence-electron chi connectivity index (χ2n) is 4.77. The third-order valence-corrected chi connectivity index (χ3v) is 3.53. The van der Waals surface area contributed by atoms with Gasteiger partial charge in [-0.25, -0.2) is 4.39 Å². The molecule has 0 aliphatic carbocycles. The van der Waals surface area contributed by atoms with E-state index in [0.717, 1.165) is 25.9 Å². The Labute approximate surface area is 119 Å². The van der Waals surface area contributed by atoms with Crippen molar-refractivity contribution < 1.29 is 9.18 Å². The summed E-state index contributed by atoms with van der Waals surface area (Å²) in [4.78, 5) is 14.2. The van der Waals surface area contributed by atoms with E-state index in [1.54, 1.807) is 12.1 Å². The summed E-state index contributed by atoms with van der Waals surface area (Å²) >= 11 is 0. The van der Waals surface area contributed by atoms with Gasteiger partial charge in [0.05, 0.1) is 6.54 Å². The van der Waals surface area contributed by atoms with Crippen molar-refractivity contribution in [1.82, 2.24) is 10.2 Å². The number of carbonyl (C=O) groups excluding carboxylic acids is 1. The second-order valence-corrected chi connectivity index (χ2v) is 4.77. The molecule has 1 aromatic carbocycles. The molecule has 106 valence electrons. The molecular formula is C14H20ClFN2O. The summed E-state index contributed by atoms with van der Waals surface area (Å²) < 4.78 is 12.8. The molecule has 5 heteroatoms. The molecule has 3 nitrogen and oxygen atoms in total. The lowest BCUT2D eigenvalue weighted by Crippen LogP contribution is -2.43. The van der Waals surface area contributed by atoms with Crippen LogP contribution in [0.2, 0.25) is 0 Å². The highest BCUT2D eigenvalue weighted by molar-refractivity contribution is 5.97. The molecule has 1 aliphatic rings. The summed E-state index contributed by atoms with van der Waals surface area (Å²) in [5, 5.41) is 3.26. The maximum absolute atomic E-state index is 12.8. The number of Topliss-reactive ketones (excluding diaryl/α,β-unsaturated/α-hetero) is 1. The summed E-state index contributed by atoms with van der Waals surface area (Å²) in [6, 6.07) is 6.35. The molecule has 1 fully saturated rings. The summed E-state index contributed by atoms with van der Waals surface area (Å²) in [7, 11) is 1.98. The fourth-order valence-electron chi connectivity index (χ4n) is 2.31. The number of hydrogen-bond acceptors (Lipinski definition) is 3. The predicted molar refractivity (Wildman–Crippen MR) is 76.5 cm³/mol. The molecule has 0 bridgehead atoms. The molecule has 0 radical (unpaired) electrons. The van der Waals surface area contributed by atoms with Crippen molar-refractivity contribution in [2.75, 3.05) is 26.7 Å². The minimum atomic E-state index is -0.304. The zero-order valence-electron chi connectivity index (χ0n) is 11.1. The monoisotopic (exact) mass is 286 g/mol. The van der Waals surface area contributed by atoms with Crippen LogP contribution in [-0.4, -0.2) is 43.4 Å². The Balaban J connectivity index is 0.00000180. The van der Waals surface area contributed by atoms with E-state index in [2.05, 4.69) is 10.2 Å². The smallest absolute Gasteiger partial charge is 0.176 e. The highest BCUT2D eigenvalue weighted by atomic mass is 35.5. The molecule has 0 amide bonds. The number of hydrogen-bond donors (Lipinski definition) is 1. The Bertz CT molecular complexity index is 402. The van der Waals surface area contributed by atoms with Gasteiger partial charge in [-0.1, -0.05) is 0 Å². The van der Waals surface area contributed by atoms with Gasteiger partial charge in [-0.15, -0.1) is 12.4 Å². The average molecular weight is 287 g/mol. The number of nitrogens with one attached hydrogen (secondary N) is 1. The molecule has 2 rings (SSSR count). The van der Waals surface area contributed by atoms with Crippen LogP contribution in [0, 0.1) is 5.82 Å². The first-order chi connectivity index (χ1) is 8.69. The molecule has 1 aliphatic heterocycles. The lowest BCUT2D eigenvalue weighted by molar-refractivity contribution is 0.0905. The Kier molecular flexibility index (Phi) is 6.42. The molecule has 1 heterocycles. The molecule has 1 saturated heterocycles. The van der Waals surface area contributed by atoms with Crippen molar-refractivity contribution in [3.05, 3.63) is 35.6 Å². The van der Waals surface area contributed by atoms with Gasteiger partial charge in [-0.05, 0) is 44.2 Å². The lowest BCUT2D eigenvalue weighted by atomic mass is 10.0. The van der Waals surface area contributed by atoms with Crippen LogP contribution in [-0.2, 0) is 0 Å². The van der Waals surface area contributed by atoms with E-state index >= 15 is 0 Å². The van der Waals surface area contributed by atoms with E-state index in [1.165, 1.54) is 12.1 Å². The van der Waals surface area contributed by atoms with E-state index in [0.29, 0.717) is 18.2 Å². The molecule has 0 aromatic heterocycles. The van der Waals surface area contributed by atoms with Crippen LogP contribution in [0.5, 0.6) is 0 Å². The summed E-state index contributed by atoms with van der Waals surface area (Å²) in [5.74, 6) is -0.237. The Hall–Kier alpha value is -0.970. The third-order valence-electron chi connectivity index (χ3n) is 3.53. The molecule has 1 aromatic rings. The fraction of sp³-hybridized carbons (Fsp3) is 0.500. The van der Waals surface area contributed by atoms with Crippen molar-refractivity contribution >= 4 is 18.2 Å². The van der Waals surface area contributed by atoms with Gasteiger partial charge in [-0.2, -0.15) is 0 Å². The average Bonchev–Trinajstić information content (AvgIpc) is 2.40. The van der Waals surface area contributed by atoms with Crippen molar-refractivity contribution in [3.63, 3.8) is 0 Å². The Morgan fingerprint density at radius 2 is 1.89 bits per heavy atom. The summed E-state index contributed by atoms with van der Waals surface area (Å²) in [6.07, 6.45) is 2.15. The standard InChI is InChI=1S/C14H19FN2O.ClH/c1-16-13-6-8-17(9-7-13)10-14(18)11-2-4-12(15)5-3-11;/h2-5,13,16H,6-10H2,1H3;1H. The van der Waals surface area contributed by atoms with E-state index < -0.39 is 0 Å². The van der Waals surface area contributed by atoms with Crippen LogP contribution in [0.15, 0.2) is 24.3 Å². The minimum absolute atomic E-state index is 0. The van der Waals surface area contributed by atoms with Crippen LogP contribution in [0.1, 0.15) is 23.2 Å². The first-order valence-corrected chi connectivity index (χ1v) is 6.37. The first kappa shape index (κ1) is 16.1. The van der Waals surface area contributed by atoms with Gasteiger partial charge in [-0.3, -0.25) is 9.69 Å². The maximum atomic E-state index is 12.8. The molecule has 19 heavy (non-hydrogen) atoms. The number of halogens is 2. The number of carbonyl (C=O) groups is 1. The maximum Gasteiger partial charge on any atom is 0.176 e. The normalized spacial score (nSPS) is 16.9. The second kappa shape index (κ2) is 7.58. The minimum Gasteiger partial charge on any atom is -0.317 e. The van der Waals surface area contributed by atoms with Gasteiger partial charge < -0.3 is 5.32 Å². The fourth-order valence-corrected chi connectivity index (χ4v) is 2.31. The number of likely N-dealkylation sites (tertiary alicyclic amines) is 1. The number of piperidine rings is 1. The van der Waals surface area contributed by atoms with Gasteiger partial charge in [0.15, 0.2) is 5.78 Å². The number of benzene rings is 1. The van der Waals surface area contributed by atoms with Gasteiger partial charge in [0.1, 0.15) is 5.82 Å². The zero-order chi connectivity index (χ0) is 13.0. The van der Waals surface area contributed by atoms with Crippen molar-refractivity contribution in [2.24, 2.45) is 0 Å². The molecule has 1 N–H and O–H groups in total. The first-order valence-electron chi connectivity index (χ1n) is 6.37. The van der Waals surface area contributed by atoms with Crippen molar-refractivity contribution in [3.8, 4) is 0 Å². The zero-order valence-corrected chi connectivity index (χ0v) is 11.9. The SMILES string of the molecule is CNC1CCN(CC(=O)c2ccc(F)cc2)CC1.Cl. The molecule has 0 spiro atoms. The molecular weight excluding hydrogens is 267 g/mol. The highest BCUT2D eigenvalue weighted by Crippen LogP contribution is 2.11. The van der Waals surface area contributed by atoms with Crippen molar-refractivity contribution in [2.45, 2.75) is 18.9 Å². The van der Waals surface area contributed by atoms with Crippen LogP contribution < -0.4 is 5.32 Å². The quantitative estimate of drug-likeness (QED) is 0.861. The van der Waals surface area contributed by atoms with Gasteiger partial charge >= 0.3 is 0 Å². The highest BCUT2D eigenvalue weighted by Gasteiger charge is 2.19. The van der Waals surface area contributed by atoms with Crippen LogP contribution in [0.4, 0.5) is 4.39 Å². The molecule has 0 saturated carbocycles. The van der Waals surface area contributed by atoms with Gasteiger partial charge in [0.25, 0.3) is 0 Å². The largest absolute Gasteiger partial charge is 0.317 e. The van der Waals surface area contributed by atoms with Gasteiger partial charge in [0, 0.05) is 24.7 Å². The number of nitrogens with zero attached hydrogens (tertiary/aromatic N) is 1. The Morgan fingerprint density at radius 1 is 1.32 bits per heavy atom. The summed E-state index contributed by atoms with van der Waals surface area (Å²) in [5.41, 5.74) is 0.590. The van der Waals surface area contributed by atoms with Crippen LogP contribution in [0.3, 0.4) is 0 Å². The predicted octanol–water partition coefficient (Wildman–Crippen LogP) is 2.11. The Morgan fingerprint density at radius 3 is 2.42 bits per heavy atom. The number of rotatable bonds is 4. The summed E-state index contributed by atoms with van der Waals surface area (Å²) in [6.45, 7) is 2.32. The lowest BCUT2D eigenvalue weighted by Gasteiger charge is -2.31. The van der Waals surface area contributed by atoms with Crippen molar-refractivity contribution in [1.29, 1.82) is 0 Å². The van der Waals surface area contributed by atoms with E-state index in [9.17, 15) is 9.18 Å². The van der Waals surface area contributed by atoms with Crippen LogP contribution >= 0.6 is 12.4 Å². The molecule has 0 unspecified atom stereocenters. The van der Waals surface area contributed by atoms with Crippen LogP contribution in [0.25, 0.3) is 0 Å².